The number of thiazole rings is 1. The van der Waals surface area contributed by atoms with Gasteiger partial charge in [-0.05, 0) is 25.7 Å². The van der Waals surface area contributed by atoms with Gasteiger partial charge < -0.3 is 10.6 Å². The average Bonchev–Trinajstić information content (AvgIpc) is 2.74. The van der Waals surface area contributed by atoms with Crippen LogP contribution in [0.15, 0.2) is 4.99 Å². The van der Waals surface area contributed by atoms with E-state index in [9.17, 15) is 8.42 Å². The van der Waals surface area contributed by atoms with Gasteiger partial charge in [-0.2, -0.15) is 0 Å². The Balaban J connectivity index is 2.49. The van der Waals surface area contributed by atoms with Gasteiger partial charge in [0.2, 0.25) is 0 Å². The van der Waals surface area contributed by atoms with Gasteiger partial charge >= 0.3 is 0 Å². The van der Waals surface area contributed by atoms with Crippen molar-refractivity contribution in [1.82, 2.24) is 15.6 Å². The van der Waals surface area contributed by atoms with Gasteiger partial charge in [-0.25, -0.2) is 13.4 Å². The Morgan fingerprint density at radius 2 is 1.96 bits per heavy atom. The minimum atomic E-state index is -2.93. The Labute approximate surface area is 143 Å². The Hall–Kier alpha value is -1.15. The molecule has 23 heavy (non-hydrogen) atoms. The normalized spacial score (nSPS) is 13.2. The third-order valence-corrected chi connectivity index (χ3v) is 5.54. The fraction of sp³-hybridized carbons (Fsp3) is 0.733. The quantitative estimate of drug-likeness (QED) is 0.573. The van der Waals surface area contributed by atoms with Gasteiger partial charge in [-0.1, -0.05) is 13.8 Å². The molecule has 0 atom stereocenters. The molecule has 132 valence electrons. The van der Waals surface area contributed by atoms with Crippen LogP contribution in [0.4, 0.5) is 0 Å². The summed E-state index contributed by atoms with van der Waals surface area (Å²) in [5, 5.41) is 7.61. The molecule has 0 fully saturated rings. The first-order chi connectivity index (χ1) is 10.5. The zero-order chi connectivity index (χ0) is 17.7. The van der Waals surface area contributed by atoms with Crippen LogP contribution in [0, 0.1) is 19.3 Å². The molecule has 0 spiro atoms. The predicted octanol–water partition coefficient (Wildman–Crippen LogP) is 1.89. The summed E-state index contributed by atoms with van der Waals surface area (Å²) >= 11 is 1.68. The maximum atomic E-state index is 11.3. The number of aliphatic imine (C=N–C) groups is 1. The van der Waals surface area contributed by atoms with Gasteiger partial charge in [0, 0.05) is 24.7 Å². The van der Waals surface area contributed by atoms with Crippen LogP contribution in [0.25, 0.3) is 0 Å². The molecule has 2 N–H and O–H groups in total. The molecule has 0 radical (unpaired) electrons. The smallest absolute Gasteiger partial charge is 0.191 e. The summed E-state index contributed by atoms with van der Waals surface area (Å²) in [5.41, 5.74) is 0.918. The first kappa shape index (κ1) is 19.9. The zero-order valence-corrected chi connectivity index (χ0v) is 16.5. The van der Waals surface area contributed by atoms with Gasteiger partial charge in [0.25, 0.3) is 0 Å². The molecule has 8 heteroatoms. The van der Waals surface area contributed by atoms with Gasteiger partial charge in [0.1, 0.15) is 9.84 Å². The Bertz CT molecular complexity index is 648. The van der Waals surface area contributed by atoms with Crippen molar-refractivity contribution in [1.29, 1.82) is 0 Å². The van der Waals surface area contributed by atoms with Crippen molar-refractivity contribution in [3.8, 4) is 0 Å². The lowest BCUT2D eigenvalue weighted by molar-refractivity contribution is 0.348. The summed E-state index contributed by atoms with van der Waals surface area (Å²) < 4.78 is 22.6. The van der Waals surface area contributed by atoms with Crippen molar-refractivity contribution < 1.29 is 8.42 Å². The largest absolute Gasteiger partial charge is 0.356 e. The van der Waals surface area contributed by atoms with E-state index >= 15 is 0 Å². The summed E-state index contributed by atoms with van der Waals surface area (Å²) in [6.45, 7) is 9.44. The molecule has 0 aliphatic carbocycles. The molecule has 1 aromatic rings. The highest BCUT2D eigenvalue weighted by molar-refractivity contribution is 7.90. The molecule has 0 aliphatic heterocycles. The number of nitrogens with zero attached hydrogens (tertiary/aromatic N) is 2. The number of rotatable bonds is 7. The summed E-state index contributed by atoms with van der Waals surface area (Å²) in [6, 6.07) is 0. The second kappa shape index (κ2) is 8.10. The van der Waals surface area contributed by atoms with Crippen molar-refractivity contribution in [2.45, 2.75) is 40.7 Å². The van der Waals surface area contributed by atoms with Gasteiger partial charge in [-0.3, -0.25) is 4.99 Å². The van der Waals surface area contributed by atoms with Crippen molar-refractivity contribution >= 4 is 27.1 Å². The van der Waals surface area contributed by atoms with Crippen LogP contribution in [0.3, 0.4) is 0 Å². The monoisotopic (exact) mass is 360 g/mol. The number of guanidine groups is 1. The van der Waals surface area contributed by atoms with Crippen LogP contribution < -0.4 is 10.6 Å². The van der Waals surface area contributed by atoms with E-state index < -0.39 is 9.84 Å². The van der Waals surface area contributed by atoms with Crippen molar-refractivity contribution in [2.75, 3.05) is 25.6 Å². The van der Waals surface area contributed by atoms with Gasteiger partial charge in [0.15, 0.2) is 5.96 Å². The minimum absolute atomic E-state index is 0.127. The topological polar surface area (TPSA) is 83.4 Å². The third-order valence-electron chi connectivity index (χ3n) is 3.52. The first-order valence-corrected chi connectivity index (χ1v) is 10.5. The van der Waals surface area contributed by atoms with E-state index in [0.717, 1.165) is 10.7 Å². The van der Waals surface area contributed by atoms with Crippen LogP contribution in [0.5, 0.6) is 0 Å². The molecule has 1 rings (SSSR count). The molecule has 0 saturated heterocycles. The van der Waals surface area contributed by atoms with E-state index in [-0.39, 0.29) is 11.2 Å². The molecule has 0 aromatic carbocycles. The van der Waals surface area contributed by atoms with Crippen LogP contribution in [0.2, 0.25) is 0 Å². The Morgan fingerprint density at radius 1 is 1.30 bits per heavy atom. The van der Waals surface area contributed by atoms with E-state index in [2.05, 4.69) is 34.5 Å². The lowest BCUT2D eigenvalue weighted by Crippen LogP contribution is -2.42. The van der Waals surface area contributed by atoms with E-state index in [0.29, 0.717) is 25.5 Å². The van der Waals surface area contributed by atoms with E-state index in [1.165, 1.54) is 11.1 Å². The highest BCUT2D eigenvalue weighted by Crippen LogP contribution is 2.20. The lowest BCUT2D eigenvalue weighted by Gasteiger charge is -2.25. The van der Waals surface area contributed by atoms with Crippen LogP contribution >= 0.6 is 11.3 Å². The molecular weight excluding hydrogens is 332 g/mol. The SMILES string of the molecule is CN=C(NCc1sc(C)nc1C)NCC(C)(C)CCS(C)(=O)=O. The lowest BCUT2D eigenvalue weighted by atomic mass is 9.90. The Morgan fingerprint density at radius 3 is 2.43 bits per heavy atom. The van der Waals surface area contributed by atoms with Crippen molar-refractivity contribution in [2.24, 2.45) is 10.4 Å². The number of sulfone groups is 1. The van der Waals surface area contributed by atoms with E-state index in [1.807, 2.05) is 13.8 Å². The number of nitrogens with one attached hydrogen (secondary N) is 2. The molecule has 0 aliphatic rings. The zero-order valence-electron chi connectivity index (χ0n) is 14.9. The number of hydrogen-bond acceptors (Lipinski definition) is 5. The highest BCUT2D eigenvalue weighted by Gasteiger charge is 2.20. The minimum Gasteiger partial charge on any atom is -0.356 e. The van der Waals surface area contributed by atoms with Crippen LogP contribution in [0.1, 0.15) is 35.8 Å². The van der Waals surface area contributed by atoms with Gasteiger partial charge in [-0.15, -0.1) is 11.3 Å². The van der Waals surface area contributed by atoms with Crippen molar-refractivity contribution in [3.05, 3.63) is 15.6 Å². The molecule has 1 heterocycles. The van der Waals surface area contributed by atoms with E-state index in [4.69, 9.17) is 0 Å². The summed E-state index contributed by atoms with van der Waals surface area (Å²) in [4.78, 5) is 9.82. The summed E-state index contributed by atoms with van der Waals surface area (Å²) in [7, 11) is -1.20. The average molecular weight is 361 g/mol. The number of hydrogen-bond donors (Lipinski definition) is 2. The summed E-state index contributed by atoms with van der Waals surface area (Å²) in [6.07, 6.45) is 1.89. The maximum absolute atomic E-state index is 11.3. The highest BCUT2D eigenvalue weighted by atomic mass is 32.2. The number of aryl methyl sites for hydroxylation is 2. The third kappa shape index (κ3) is 7.78. The molecule has 0 unspecified atom stereocenters. The maximum Gasteiger partial charge on any atom is 0.191 e. The molecule has 1 aromatic heterocycles. The second-order valence-corrected chi connectivity index (χ2v) is 10.1. The van der Waals surface area contributed by atoms with Gasteiger partial charge in [0.05, 0.1) is 23.0 Å². The Kier molecular flexibility index (Phi) is 7.01. The molecular formula is C15H28N4O2S2. The number of aromatic nitrogens is 1. The van der Waals surface area contributed by atoms with E-state index in [1.54, 1.807) is 18.4 Å². The molecule has 0 amide bonds. The standard InChI is InChI=1S/C15H28N4O2S2/c1-11-13(22-12(2)19-11)9-17-14(16-5)18-10-15(3,4)7-8-23(6,20)21/h7-10H2,1-6H3,(H2,16,17,18). The summed E-state index contributed by atoms with van der Waals surface area (Å²) in [5.74, 6) is 0.912. The fourth-order valence-electron chi connectivity index (χ4n) is 2.00. The van der Waals surface area contributed by atoms with Crippen LogP contribution in [-0.4, -0.2) is 45.0 Å². The first-order valence-electron chi connectivity index (χ1n) is 7.57. The fourth-order valence-corrected chi connectivity index (χ4v) is 3.80. The molecule has 0 bridgehead atoms. The van der Waals surface area contributed by atoms with Crippen molar-refractivity contribution in [3.63, 3.8) is 0 Å². The predicted molar refractivity (Wildman–Crippen MR) is 97.9 cm³/mol. The molecule has 6 nitrogen and oxygen atoms in total. The molecule has 0 saturated carbocycles. The second-order valence-electron chi connectivity index (χ2n) is 6.56. The van der Waals surface area contributed by atoms with Crippen LogP contribution in [-0.2, 0) is 16.4 Å².